The Morgan fingerprint density at radius 2 is 0.957 bits per heavy atom. The van der Waals surface area contributed by atoms with E-state index in [2.05, 4.69) is 30.5 Å². The molecule has 278 valence electrons. The average molecular weight is 689 g/mol. The van der Waals surface area contributed by atoms with Crippen LogP contribution in [0.5, 0.6) is 0 Å². The summed E-state index contributed by atoms with van der Waals surface area (Å²) in [5.41, 5.74) is 0. The van der Waals surface area contributed by atoms with E-state index in [4.69, 9.17) is 14.0 Å². The molecule has 0 aliphatic carbocycles. The lowest BCUT2D eigenvalue weighted by atomic mass is 10.0. The van der Waals surface area contributed by atoms with Gasteiger partial charge in [0, 0.05) is 20.0 Å². The Hall–Kier alpha value is -1.21. The van der Waals surface area contributed by atoms with Crippen LogP contribution in [-0.4, -0.2) is 43.3 Å². The number of carbonyl (C=O) groups is 2. The summed E-state index contributed by atoms with van der Waals surface area (Å²) >= 11 is 0. The smallest absolute Gasteiger partial charge is 0.462 e. The van der Waals surface area contributed by atoms with Crippen LogP contribution in [0.15, 0.2) is 12.2 Å². The molecule has 9 heteroatoms. The summed E-state index contributed by atoms with van der Waals surface area (Å²) in [7, 11) is -3.19. The Kier molecular flexibility index (Phi) is 33.8. The maximum atomic E-state index is 12.4. The molecule has 8 nitrogen and oxygen atoms in total. The molecule has 1 N–H and O–H groups in total. The highest BCUT2D eigenvalue weighted by atomic mass is 31.2. The highest BCUT2D eigenvalue weighted by Gasteiger charge is 2.24. The first kappa shape index (κ1) is 45.8. The summed E-state index contributed by atoms with van der Waals surface area (Å²) in [5.74, 6) is -0.806. The number of ether oxygens (including phenoxy) is 2. The van der Waals surface area contributed by atoms with Crippen molar-refractivity contribution in [2.75, 3.05) is 20.3 Å². The van der Waals surface area contributed by atoms with Gasteiger partial charge in [-0.1, -0.05) is 154 Å². The van der Waals surface area contributed by atoms with Gasteiger partial charge in [-0.25, -0.2) is 4.57 Å². The van der Waals surface area contributed by atoms with Crippen LogP contribution in [0.4, 0.5) is 0 Å². The molecule has 0 saturated heterocycles. The fourth-order valence-electron chi connectivity index (χ4n) is 5.48. The van der Waals surface area contributed by atoms with E-state index in [0.717, 1.165) is 58.5 Å². The van der Waals surface area contributed by atoms with Crippen LogP contribution >= 0.6 is 7.82 Å². The number of allylic oxidation sites excluding steroid dienone is 2. The zero-order chi connectivity index (χ0) is 34.7. The largest absolute Gasteiger partial charge is 0.472 e. The van der Waals surface area contributed by atoms with Crippen LogP contribution in [0, 0.1) is 0 Å². The Bertz CT molecular complexity index is 788. The van der Waals surface area contributed by atoms with Gasteiger partial charge >= 0.3 is 19.8 Å². The fourth-order valence-corrected chi connectivity index (χ4v) is 5.94. The maximum absolute atomic E-state index is 12.4. The number of phosphoric acid groups is 1. The number of carbonyl (C=O) groups excluding carboxylic acids is 2. The van der Waals surface area contributed by atoms with E-state index >= 15 is 0 Å². The van der Waals surface area contributed by atoms with Crippen molar-refractivity contribution in [2.45, 2.75) is 200 Å². The monoisotopic (exact) mass is 689 g/mol. The summed E-state index contributed by atoms with van der Waals surface area (Å²) in [6.45, 7) is 3.88. The van der Waals surface area contributed by atoms with Crippen molar-refractivity contribution in [3.8, 4) is 0 Å². The van der Waals surface area contributed by atoms with Gasteiger partial charge in [0.25, 0.3) is 0 Å². The van der Waals surface area contributed by atoms with Gasteiger partial charge in [-0.2, -0.15) is 0 Å². The number of phosphoric ester groups is 1. The molecule has 0 heterocycles. The number of hydrogen-bond donors (Lipinski definition) is 1. The Balaban J connectivity index is 4.04. The standard InChI is InChI=1S/C38H73O8P/c1-4-6-8-10-12-14-16-18-19-21-23-25-27-29-31-33-38(40)46-36(35-45-47(41,42)43-3)34-44-37(39)32-30-28-26-24-22-20-17-15-13-11-9-7-5-2/h18-19,36H,4-17,20-35H2,1-3H3,(H,41,42)/b19-18-/t36-/m1/s1. The molecule has 0 aliphatic heterocycles. The average Bonchev–Trinajstić information content (AvgIpc) is 3.06. The molecule has 0 radical (unpaired) electrons. The fraction of sp³-hybridized carbons (Fsp3) is 0.895. The molecule has 2 atom stereocenters. The van der Waals surface area contributed by atoms with Crippen molar-refractivity contribution in [1.82, 2.24) is 0 Å². The second kappa shape index (κ2) is 34.6. The molecule has 0 bridgehead atoms. The molecule has 0 rings (SSSR count). The van der Waals surface area contributed by atoms with Crippen LogP contribution in [0.1, 0.15) is 194 Å². The quantitative estimate of drug-likeness (QED) is 0.0300. The minimum Gasteiger partial charge on any atom is -0.462 e. The molecule has 0 spiro atoms. The van der Waals surface area contributed by atoms with Crippen molar-refractivity contribution in [3.05, 3.63) is 12.2 Å². The van der Waals surface area contributed by atoms with Crippen LogP contribution in [-0.2, 0) is 32.7 Å². The summed E-state index contributed by atoms with van der Waals surface area (Å²) in [4.78, 5) is 34.3. The van der Waals surface area contributed by atoms with Crippen LogP contribution in [0.3, 0.4) is 0 Å². The molecule has 0 aliphatic rings. The SMILES string of the molecule is CCCCCCCC/C=C\CCCCCCCC(=O)O[C@H](COC(=O)CCCCCCCCCCCCCCC)COP(=O)(O)OC. The molecular weight excluding hydrogens is 615 g/mol. The summed E-state index contributed by atoms with van der Waals surface area (Å²) in [6, 6.07) is 0. The van der Waals surface area contributed by atoms with E-state index in [1.807, 2.05) is 0 Å². The van der Waals surface area contributed by atoms with Crippen LogP contribution < -0.4 is 0 Å². The predicted octanol–water partition coefficient (Wildman–Crippen LogP) is 11.7. The van der Waals surface area contributed by atoms with E-state index < -0.39 is 26.5 Å². The Labute approximate surface area is 289 Å². The topological polar surface area (TPSA) is 108 Å². The highest BCUT2D eigenvalue weighted by molar-refractivity contribution is 7.47. The molecule has 1 unspecified atom stereocenters. The van der Waals surface area contributed by atoms with Crippen molar-refractivity contribution >= 4 is 19.8 Å². The van der Waals surface area contributed by atoms with Gasteiger partial charge in [-0.3, -0.25) is 18.6 Å². The Morgan fingerprint density at radius 1 is 0.574 bits per heavy atom. The van der Waals surface area contributed by atoms with Crippen molar-refractivity contribution in [3.63, 3.8) is 0 Å². The normalized spacial score (nSPS) is 13.5. The van der Waals surface area contributed by atoms with Crippen molar-refractivity contribution in [1.29, 1.82) is 0 Å². The van der Waals surface area contributed by atoms with E-state index in [1.54, 1.807) is 0 Å². The third-order valence-electron chi connectivity index (χ3n) is 8.51. The third-order valence-corrected chi connectivity index (χ3v) is 9.45. The lowest BCUT2D eigenvalue weighted by molar-refractivity contribution is -0.161. The zero-order valence-corrected chi connectivity index (χ0v) is 31.6. The van der Waals surface area contributed by atoms with E-state index in [1.165, 1.54) is 109 Å². The highest BCUT2D eigenvalue weighted by Crippen LogP contribution is 2.42. The van der Waals surface area contributed by atoms with Gasteiger partial charge in [0.1, 0.15) is 6.61 Å². The zero-order valence-electron chi connectivity index (χ0n) is 30.7. The predicted molar refractivity (Wildman–Crippen MR) is 193 cm³/mol. The molecule has 0 aromatic rings. The molecule has 0 fully saturated rings. The minimum absolute atomic E-state index is 0.223. The maximum Gasteiger partial charge on any atom is 0.472 e. The first-order valence-corrected chi connectivity index (χ1v) is 20.9. The molecule has 0 saturated carbocycles. The number of hydrogen-bond acceptors (Lipinski definition) is 7. The minimum atomic E-state index is -4.25. The van der Waals surface area contributed by atoms with Gasteiger partial charge in [-0.05, 0) is 38.5 Å². The third kappa shape index (κ3) is 34.5. The van der Waals surface area contributed by atoms with Crippen molar-refractivity contribution < 1.29 is 37.6 Å². The molecular formula is C38H73O8P. The Morgan fingerprint density at radius 3 is 1.38 bits per heavy atom. The lowest BCUT2D eigenvalue weighted by Crippen LogP contribution is -2.29. The summed E-state index contributed by atoms with van der Waals surface area (Å²) in [5, 5.41) is 0. The van der Waals surface area contributed by atoms with E-state index in [0.29, 0.717) is 12.8 Å². The van der Waals surface area contributed by atoms with Gasteiger partial charge < -0.3 is 14.4 Å². The van der Waals surface area contributed by atoms with E-state index in [-0.39, 0.29) is 19.0 Å². The van der Waals surface area contributed by atoms with Gasteiger partial charge in [0.2, 0.25) is 0 Å². The van der Waals surface area contributed by atoms with Crippen LogP contribution in [0.2, 0.25) is 0 Å². The molecule has 47 heavy (non-hydrogen) atoms. The first-order chi connectivity index (χ1) is 22.8. The summed E-state index contributed by atoms with van der Waals surface area (Å²) in [6.07, 6.45) is 35.4. The number of unbranched alkanes of at least 4 members (excludes halogenated alkanes) is 23. The molecule has 0 aromatic carbocycles. The second-order valence-corrected chi connectivity index (χ2v) is 14.6. The van der Waals surface area contributed by atoms with Crippen molar-refractivity contribution in [2.24, 2.45) is 0 Å². The van der Waals surface area contributed by atoms with Gasteiger partial charge in [0.15, 0.2) is 6.10 Å². The second-order valence-electron chi connectivity index (χ2n) is 13.1. The summed E-state index contributed by atoms with van der Waals surface area (Å²) < 4.78 is 31.9. The molecule has 0 amide bonds. The van der Waals surface area contributed by atoms with Gasteiger partial charge in [-0.15, -0.1) is 0 Å². The van der Waals surface area contributed by atoms with Gasteiger partial charge in [0.05, 0.1) is 6.61 Å². The first-order valence-electron chi connectivity index (χ1n) is 19.4. The van der Waals surface area contributed by atoms with E-state index in [9.17, 15) is 19.0 Å². The number of esters is 2. The molecule has 0 aromatic heterocycles. The lowest BCUT2D eigenvalue weighted by Gasteiger charge is -2.19. The van der Waals surface area contributed by atoms with Crippen LogP contribution in [0.25, 0.3) is 0 Å². The number of rotatable bonds is 36.